The summed E-state index contributed by atoms with van der Waals surface area (Å²) in [4.78, 5) is 0.594. The number of hydrogen-bond donors (Lipinski definition) is 2. The van der Waals surface area contributed by atoms with Crippen molar-refractivity contribution >= 4 is 17.6 Å². The minimum atomic E-state index is -0.337. The smallest absolute Gasteiger partial charge is 0.170 e. The molecule has 0 bridgehead atoms. The van der Waals surface area contributed by atoms with E-state index in [-0.39, 0.29) is 11.7 Å². The van der Waals surface area contributed by atoms with Gasteiger partial charge in [0.05, 0.1) is 0 Å². The van der Waals surface area contributed by atoms with Gasteiger partial charge in [0, 0.05) is 28.9 Å². The number of amidine groups is 1. The summed E-state index contributed by atoms with van der Waals surface area (Å²) >= 11 is 1.52. The zero-order chi connectivity index (χ0) is 13.0. The van der Waals surface area contributed by atoms with Crippen molar-refractivity contribution in [3.05, 3.63) is 29.6 Å². The molecule has 0 radical (unpaired) electrons. The van der Waals surface area contributed by atoms with E-state index in [2.05, 4.69) is 5.16 Å². The molecule has 1 aliphatic heterocycles. The second kappa shape index (κ2) is 6.06. The molecule has 1 aliphatic rings. The standard InChI is InChI=1S/C12H15FN2O2S/c13-10-7-8(12(14)15-16)1-2-11(10)18-9-3-5-17-6-4-9/h1-2,7,9,16H,3-6H2,(H2,14,15). The van der Waals surface area contributed by atoms with Crippen LogP contribution in [0.25, 0.3) is 0 Å². The number of rotatable bonds is 3. The lowest BCUT2D eigenvalue weighted by Crippen LogP contribution is -2.17. The first-order valence-electron chi connectivity index (χ1n) is 5.72. The Morgan fingerprint density at radius 3 is 2.78 bits per heavy atom. The molecule has 1 aromatic rings. The topological polar surface area (TPSA) is 67.8 Å². The first-order chi connectivity index (χ1) is 8.70. The molecule has 2 rings (SSSR count). The molecule has 1 fully saturated rings. The van der Waals surface area contributed by atoms with Crippen molar-refractivity contribution in [3.63, 3.8) is 0 Å². The minimum absolute atomic E-state index is 0.0866. The molecule has 18 heavy (non-hydrogen) atoms. The van der Waals surface area contributed by atoms with Crippen molar-refractivity contribution in [2.24, 2.45) is 10.9 Å². The van der Waals surface area contributed by atoms with Crippen LogP contribution in [0.15, 0.2) is 28.3 Å². The molecule has 0 saturated carbocycles. The number of benzene rings is 1. The number of nitrogens with two attached hydrogens (primary N) is 1. The van der Waals surface area contributed by atoms with Crippen LogP contribution in [-0.2, 0) is 4.74 Å². The fourth-order valence-electron chi connectivity index (χ4n) is 1.79. The molecule has 98 valence electrons. The van der Waals surface area contributed by atoms with E-state index in [1.165, 1.54) is 17.8 Å². The first kappa shape index (κ1) is 13.2. The number of ether oxygens (including phenoxy) is 1. The van der Waals surface area contributed by atoms with Gasteiger partial charge in [0.1, 0.15) is 5.82 Å². The van der Waals surface area contributed by atoms with Gasteiger partial charge in [0.25, 0.3) is 0 Å². The van der Waals surface area contributed by atoms with Gasteiger partial charge in [-0.25, -0.2) is 4.39 Å². The fraction of sp³-hybridized carbons (Fsp3) is 0.417. The van der Waals surface area contributed by atoms with E-state index >= 15 is 0 Å². The normalized spacial score (nSPS) is 17.9. The molecule has 4 nitrogen and oxygen atoms in total. The van der Waals surface area contributed by atoms with Gasteiger partial charge in [-0.05, 0) is 31.0 Å². The maximum Gasteiger partial charge on any atom is 0.170 e. The van der Waals surface area contributed by atoms with Gasteiger partial charge < -0.3 is 15.7 Å². The molecule has 6 heteroatoms. The lowest BCUT2D eigenvalue weighted by atomic mass is 10.2. The van der Waals surface area contributed by atoms with Crippen molar-refractivity contribution in [2.75, 3.05) is 13.2 Å². The Bertz CT molecular complexity index is 448. The van der Waals surface area contributed by atoms with Crippen molar-refractivity contribution < 1.29 is 14.3 Å². The molecule has 0 atom stereocenters. The van der Waals surface area contributed by atoms with E-state index in [4.69, 9.17) is 15.7 Å². The van der Waals surface area contributed by atoms with Crippen LogP contribution in [0.1, 0.15) is 18.4 Å². The Morgan fingerprint density at radius 2 is 2.17 bits per heavy atom. The zero-order valence-electron chi connectivity index (χ0n) is 9.80. The molecule has 1 heterocycles. The molecular weight excluding hydrogens is 255 g/mol. The number of hydrogen-bond acceptors (Lipinski definition) is 4. The zero-order valence-corrected chi connectivity index (χ0v) is 10.6. The quantitative estimate of drug-likeness (QED) is 0.382. The van der Waals surface area contributed by atoms with Crippen LogP contribution in [0, 0.1) is 5.82 Å². The maximum atomic E-state index is 13.9. The SMILES string of the molecule is NC(=NO)c1ccc(SC2CCOCC2)c(F)c1. The molecule has 1 aromatic carbocycles. The van der Waals surface area contributed by atoms with Crippen molar-refractivity contribution in [3.8, 4) is 0 Å². The molecular formula is C12H15FN2O2S. The highest BCUT2D eigenvalue weighted by atomic mass is 32.2. The molecule has 1 saturated heterocycles. The Hall–Kier alpha value is -1.27. The number of halogens is 1. The summed E-state index contributed by atoms with van der Waals surface area (Å²) in [5.41, 5.74) is 5.79. The second-order valence-electron chi connectivity index (χ2n) is 4.06. The van der Waals surface area contributed by atoms with Crippen LogP contribution in [0.2, 0.25) is 0 Å². The Labute approximate surface area is 109 Å². The monoisotopic (exact) mass is 270 g/mol. The number of oxime groups is 1. The average molecular weight is 270 g/mol. The second-order valence-corrected chi connectivity index (χ2v) is 5.40. The van der Waals surface area contributed by atoms with Gasteiger partial charge in [0.2, 0.25) is 0 Å². The predicted molar refractivity (Wildman–Crippen MR) is 68.6 cm³/mol. The van der Waals surface area contributed by atoms with E-state index in [9.17, 15) is 4.39 Å². The highest BCUT2D eigenvalue weighted by Crippen LogP contribution is 2.31. The van der Waals surface area contributed by atoms with Gasteiger partial charge >= 0.3 is 0 Å². The lowest BCUT2D eigenvalue weighted by Gasteiger charge is -2.21. The lowest BCUT2D eigenvalue weighted by molar-refractivity contribution is 0.1000. The van der Waals surface area contributed by atoms with Gasteiger partial charge in [-0.15, -0.1) is 11.8 Å². The molecule has 3 N–H and O–H groups in total. The molecule has 0 amide bonds. The Kier molecular flexibility index (Phi) is 4.43. The number of thioether (sulfide) groups is 1. The molecule has 0 aliphatic carbocycles. The van der Waals surface area contributed by atoms with Gasteiger partial charge in [-0.2, -0.15) is 0 Å². The Morgan fingerprint density at radius 1 is 1.44 bits per heavy atom. The van der Waals surface area contributed by atoms with E-state index in [0.29, 0.717) is 15.7 Å². The van der Waals surface area contributed by atoms with Crippen LogP contribution in [0.3, 0.4) is 0 Å². The van der Waals surface area contributed by atoms with E-state index in [1.807, 2.05) is 0 Å². The third-order valence-corrected chi connectivity index (χ3v) is 4.19. The molecule has 0 unspecified atom stereocenters. The number of nitrogens with zero attached hydrogens (tertiary/aromatic N) is 1. The van der Waals surface area contributed by atoms with E-state index < -0.39 is 0 Å². The summed E-state index contributed by atoms with van der Waals surface area (Å²) < 4.78 is 19.1. The summed E-state index contributed by atoms with van der Waals surface area (Å²) in [5.74, 6) is -0.424. The average Bonchev–Trinajstić information content (AvgIpc) is 2.41. The summed E-state index contributed by atoms with van der Waals surface area (Å²) in [6.45, 7) is 1.48. The van der Waals surface area contributed by atoms with Gasteiger partial charge in [-0.3, -0.25) is 0 Å². The van der Waals surface area contributed by atoms with Crippen LogP contribution in [0.4, 0.5) is 4.39 Å². The molecule has 0 aromatic heterocycles. The summed E-state index contributed by atoms with van der Waals surface area (Å²) in [6.07, 6.45) is 1.87. The fourth-order valence-corrected chi connectivity index (χ4v) is 2.89. The van der Waals surface area contributed by atoms with Crippen LogP contribution >= 0.6 is 11.8 Å². The minimum Gasteiger partial charge on any atom is -0.409 e. The van der Waals surface area contributed by atoms with Crippen molar-refractivity contribution in [1.29, 1.82) is 0 Å². The summed E-state index contributed by atoms with van der Waals surface area (Å²) in [7, 11) is 0. The third-order valence-electron chi connectivity index (χ3n) is 2.80. The summed E-state index contributed by atoms with van der Waals surface area (Å²) in [6, 6.07) is 4.61. The first-order valence-corrected chi connectivity index (χ1v) is 6.60. The van der Waals surface area contributed by atoms with E-state index in [0.717, 1.165) is 26.1 Å². The van der Waals surface area contributed by atoms with Crippen molar-refractivity contribution in [2.45, 2.75) is 23.0 Å². The summed E-state index contributed by atoms with van der Waals surface area (Å²) in [5, 5.41) is 11.8. The van der Waals surface area contributed by atoms with Gasteiger partial charge in [-0.1, -0.05) is 5.16 Å². The third kappa shape index (κ3) is 3.14. The molecule has 0 spiro atoms. The maximum absolute atomic E-state index is 13.9. The van der Waals surface area contributed by atoms with E-state index in [1.54, 1.807) is 12.1 Å². The largest absolute Gasteiger partial charge is 0.409 e. The van der Waals surface area contributed by atoms with Crippen LogP contribution < -0.4 is 5.73 Å². The highest BCUT2D eigenvalue weighted by molar-refractivity contribution is 8.00. The van der Waals surface area contributed by atoms with Crippen LogP contribution in [0.5, 0.6) is 0 Å². The van der Waals surface area contributed by atoms with Gasteiger partial charge in [0.15, 0.2) is 5.84 Å². The van der Waals surface area contributed by atoms with Crippen LogP contribution in [-0.4, -0.2) is 29.5 Å². The van der Waals surface area contributed by atoms with Crippen molar-refractivity contribution in [1.82, 2.24) is 0 Å². The Balaban J connectivity index is 2.09. The predicted octanol–water partition coefficient (Wildman–Crippen LogP) is 2.19. The highest BCUT2D eigenvalue weighted by Gasteiger charge is 2.17.